The minimum Gasteiger partial charge on any atom is -0.271 e. The van der Waals surface area contributed by atoms with E-state index in [1.165, 1.54) is 0 Å². The molecule has 0 atom stereocenters. The van der Waals surface area contributed by atoms with E-state index in [1.807, 2.05) is 182 Å². The molecule has 224 valence electrons. The van der Waals surface area contributed by atoms with Crippen LogP contribution in [-0.2, 0) is 29.3 Å². The van der Waals surface area contributed by atoms with E-state index >= 15 is 4.57 Å². The molecule has 6 rings (SSSR count). The van der Waals surface area contributed by atoms with Crippen LogP contribution in [0.1, 0.15) is 33.4 Å². The molecule has 0 saturated carbocycles. The van der Waals surface area contributed by atoms with E-state index in [0.717, 1.165) is 33.4 Å². The zero-order valence-corrected chi connectivity index (χ0v) is 26.1. The van der Waals surface area contributed by atoms with Gasteiger partial charge in [-0.05, 0) is 33.4 Å². The molecule has 0 aromatic heterocycles. The van der Waals surface area contributed by atoms with E-state index in [4.69, 9.17) is 25.2 Å². The van der Waals surface area contributed by atoms with Gasteiger partial charge in [-0.15, -0.1) is 0 Å². The van der Waals surface area contributed by atoms with Crippen LogP contribution in [-0.4, -0.2) is 6.07 Å². The SMILES string of the molecule is O=P(OCCl)(OC(c1ccccc1)(c1ccccc1)c1ccccc1)OC(c1ccccc1)(c1ccccc1)c1ccccc1. The first-order valence-electron chi connectivity index (χ1n) is 14.7. The summed E-state index contributed by atoms with van der Waals surface area (Å²) in [4.78, 5) is 0. The zero-order chi connectivity index (χ0) is 31.0. The Hall–Kier alpha value is -4.28. The molecule has 0 amide bonds. The number of hydrogen-bond acceptors (Lipinski definition) is 4. The Balaban J connectivity index is 1.63. The van der Waals surface area contributed by atoms with Crippen molar-refractivity contribution in [2.75, 3.05) is 6.07 Å². The van der Waals surface area contributed by atoms with Gasteiger partial charge in [-0.1, -0.05) is 194 Å². The van der Waals surface area contributed by atoms with E-state index in [2.05, 4.69) is 0 Å². The molecule has 0 bridgehead atoms. The van der Waals surface area contributed by atoms with Crippen molar-refractivity contribution in [3.8, 4) is 0 Å². The molecule has 4 nitrogen and oxygen atoms in total. The van der Waals surface area contributed by atoms with E-state index in [1.54, 1.807) is 0 Å². The lowest BCUT2D eigenvalue weighted by Gasteiger charge is -2.41. The lowest BCUT2D eigenvalue weighted by molar-refractivity contribution is 0.0227. The van der Waals surface area contributed by atoms with Crippen LogP contribution in [0, 0.1) is 0 Å². The molecule has 0 heterocycles. The quantitative estimate of drug-likeness (QED) is 0.0767. The Labute approximate surface area is 269 Å². The van der Waals surface area contributed by atoms with Crippen LogP contribution in [0.15, 0.2) is 182 Å². The average molecular weight is 631 g/mol. The first-order chi connectivity index (χ1) is 22.1. The highest BCUT2D eigenvalue weighted by Crippen LogP contribution is 2.63. The maximum Gasteiger partial charge on any atom is 0.479 e. The Morgan fingerprint density at radius 2 is 0.600 bits per heavy atom. The first-order valence-corrected chi connectivity index (χ1v) is 16.7. The van der Waals surface area contributed by atoms with Crippen LogP contribution >= 0.6 is 19.4 Å². The zero-order valence-electron chi connectivity index (χ0n) is 24.5. The molecule has 0 unspecified atom stereocenters. The summed E-state index contributed by atoms with van der Waals surface area (Å²) in [5.41, 5.74) is 1.66. The molecule has 0 radical (unpaired) electrons. The van der Waals surface area contributed by atoms with Crippen molar-refractivity contribution in [1.82, 2.24) is 0 Å². The van der Waals surface area contributed by atoms with Gasteiger partial charge >= 0.3 is 7.82 Å². The first kappa shape index (κ1) is 30.7. The summed E-state index contributed by atoms with van der Waals surface area (Å²) < 4.78 is 35.4. The second-order valence-electron chi connectivity index (χ2n) is 10.4. The Kier molecular flexibility index (Phi) is 9.42. The Morgan fingerprint density at radius 3 is 0.778 bits per heavy atom. The van der Waals surface area contributed by atoms with Crippen LogP contribution < -0.4 is 0 Å². The smallest absolute Gasteiger partial charge is 0.271 e. The van der Waals surface area contributed by atoms with Crippen LogP contribution in [0.25, 0.3) is 0 Å². The highest BCUT2D eigenvalue weighted by atomic mass is 35.5. The van der Waals surface area contributed by atoms with E-state index in [-0.39, 0.29) is 0 Å². The molecule has 0 aliphatic carbocycles. The summed E-state index contributed by atoms with van der Waals surface area (Å²) >= 11 is 6.27. The monoisotopic (exact) mass is 630 g/mol. The summed E-state index contributed by atoms with van der Waals surface area (Å²) in [5, 5.41) is 0. The molecular formula is C39H32ClO4P. The van der Waals surface area contributed by atoms with Gasteiger partial charge in [0.15, 0.2) is 11.2 Å². The molecule has 6 heteroatoms. The average Bonchev–Trinajstić information content (AvgIpc) is 3.12. The third-order valence-corrected chi connectivity index (χ3v) is 9.49. The summed E-state index contributed by atoms with van der Waals surface area (Å²) in [6.45, 7) is 0. The van der Waals surface area contributed by atoms with Crippen molar-refractivity contribution in [1.29, 1.82) is 0 Å². The normalized spacial score (nSPS) is 12.1. The summed E-state index contributed by atoms with van der Waals surface area (Å²) in [6.07, 6.45) is 0. The Bertz CT molecular complexity index is 1500. The third-order valence-electron chi connectivity index (χ3n) is 7.79. The molecule has 0 aliphatic heterocycles. The van der Waals surface area contributed by atoms with Gasteiger partial charge in [0.1, 0.15) is 6.07 Å². The molecule has 45 heavy (non-hydrogen) atoms. The van der Waals surface area contributed by atoms with E-state index in [0.29, 0.717) is 0 Å². The highest BCUT2D eigenvalue weighted by molar-refractivity contribution is 7.48. The van der Waals surface area contributed by atoms with Crippen molar-refractivity contribution in [3.63, 3.8) is 0 Å². The number of halogens is 1. The van der Waals surface area contributed by atoms with Crippen molar-refractivity contribution >= 4 is 19.4 Å². The summed E-state index contributed by atoms with van der Waals surface area (Å²) in [5.74, 6) is 0. The molecular weight excluding hydrogens is 599 g/mol. The minimum atomic E-state index is -4.59. The number of alkyl halides is 1. The van der Waals surface area contributed by atoms with Crippen molar-refractivity contribution in [3.05, 3.63) is 215 Å². The molecule has 0 aliphatic rings. The van der Waals surface area contributed by atoms with Gasteiger partial charge in [0.2, 0.25) is 0 Å². The number of phosphoric acid groups is 1. The predicted molar refractivity (Wildman–Crippen MR) is 180 cm³/mol. The van der Waals surface area contributed by atoms with Gasteiger partial charge in [0.05, 0.1) is 0 Å². The second-order valence-corrected chi connectivity index (χ2v) is 12.2. The van der Waals surface area contributed by atoms with E-state index in [9.17, 15) is 0 Å². The van der Waals surface area contributed by atoms with Crippen LogP contribution in [0.4, 0.5) is 0 Å². The molecule has 6 aromatic carbocycles. The molecule has 0 fully saturated rings. The van der Waals surface area contributed by atoms with Gasteiger partial charge in [-0.25, -0.2) is 4.57 Å². The van der Waals surface area contributed by atoms with Crippen LogP contribution in [0.3, 0.4) is 0 Å². The minimum absolute atomic E-state index is 0.430. The van der Waals surface area contributed by atoms with Crippen LogP contribution in [0.5, 0.6) is 0 Å². The number of hydrogen-bond donors (Lipinski definition) is 0. The molecule has 0 spiro atoms. The van der Waals surface area contributed by atoms with Crippen molar-refractivity contribution in [2.45, 2.75) is 11.2 Å². The third kappa shape index (κ3) is 6.17. The second kappa shape index (κ2) is 13.8. The van der Waals surface area contributed by atoms with Gasteiger partial charge in [-0.2, -0.15) is 0 Å². The standard InChI is InChI=1S/C39H32ClO4P/c40-31-42-45(41,43-38(32-19-7-1-8-20-32,33-21-9-2-10-22-33)34-23-11-3-12-24-34)44-39(35-25-13-4-14-26-35,36-27-15-5-16-28-36)37-29-17-6-18-30-37/h1-30H,31H2. The van der Waals surface area contributed by atoms with Gasteiger partial charge in [0, 0.05) is 0 Å². The molecule has 6 aromatic rings. The number of phosphoric ester groups is 1. The molecule has 0 saturated heterocycles. The molecule has 0 N–H and O–H groups in total. The topological polar surface area (TPSA) is 44.8 Å². The summed E-state index contributed by atoms with van der Waals surface area (Å²) in [6, 6.07) is 57.7. The number of benzene rings is 6. The highest BCUT2D eigenvalue weighted by Gasteiger charge is 2.51. The fraction of sp³-hybridized carbons (Fsp3) is 0.0769. The predicted octanol–water partition coefficient (Wildman–Crippen LogP) is 10.3. The van der Waals surface area contributed by atoms with Crippen molar-refractivity contribution in [2.24, 2.45) is 0 Å². The van der Waals surface area contributed by atoms with Gasteiger partial charge in [-0.3, -0.25) is 13.6 Å². The number of rotatable bonds is 12. The fourth-order valence-electron chi connectivity index (χ4n) is 5.82. The van der Waals surface area contributed by atoms with Crippen molar-refractivity contribution < 1.29 is 18.1 Å². The largest absolute Gasteiger partial charge is 0.479 e. The maximum absolute atomic E-state index is 15.5. The fourth-order valence-corrected chi connectivity index (χ4v) is 7.74. The maximum atomic E-state index is 15.5. The van der Waals surface area contributed by atoms with Gasteiger partial charge < -0.3 is 0 Å². The van der Waals surface area contributed by atoms with Gasteiger partial charge in [0.25, 0.3) is 0 Å². The lowest BCUT2D eigenvalue weighted by atomic mass is 9.80. The van der Waals surface area contributed by atoms with Crippen LogP contribution in [0.2, 0.25) is 0 Å². The Morgan fingerprint density at radius 1 is 0.400 bits per heavy atom. The van der Waals surface area contributed by atoms with E-state index < -0.39 is 25.1 Å². The lowest BCUT2D eigenvalue weighted by Crippen LogP contribution is -2.36. The summed E-state index contributed by atoms with van der Waals surface area (Å²) in [7, 11) is -4.59.